The van der Waals surface area contributed by atoms with E-state index in [9.17, 15) is 14.0 Å². The zero-order valence-electron chi connectivity index (χ0n) is 21.3. The van der Waals surface area contributed by atoms with Gasteiger partial charge in [-0.15, -0.1) is 11.3 Å². The van der Waals surface area contributed by atoms with Crippen molar-refractivity contribution in [3.05, 3.63) is 60.2 Å². The minimum atomic E-state index is -0.649. The number of benzene rings is 2. The van der Waals surface area contributed by atoms with Crippen molar-refractivity contribution in [2.75, 3.05) is 11.9 Å². The highest BCUT2D eigenvalue weighted by molar-refractivity contribution is 7.22. The van der Waals surface area contributed by atoms with Gasteiger partial charge in [0.2, 0.25) is 5.91 Å². The molecule has 0 aliphatic carbocycles. The molecular weight excluding hydrogens is 487 g/mol. The number of H-pyrrole nitrogens is 1. The van der Waals surface area contributed by atoms with Gasteiger partial charge in [0.1, 0.15) is 11.3 Å². The molecule has 1 amide bonds. The SMILES string of the molecule is CC[C@H]1CCCCN1C(=O)C[C@H](Nc1cc2ccccc2s1)C(=O)C[C@@H](C)c1nc2c(F)cccc2[nH]1. The van der Waals surface area contributed by atoms with Crippen LogP contribution in [0.2, 0.25) is 0 Å². The highest BCUT2D eigenvalue weighted by atomic mass is 32.1. The average molecular weight is 521 g/mol. The number of aromatic nitrogens is 2. The quantitative estimate of drug-likeness (QED) is 0.259. The van der Waals surface area contributed by atoms with E-state index in [1.54, 1.807) is 23.5 Å². The first-order valence-electron chi connectivity index (χ1n) is 13.1. The van der Waals surface area contributed by atoms with Gasteiger partial charge in [-0.2, -0.15) is 0 Å². The number of hydrogen-bond acceptors (Lipinski definition) is 5. The fourth-order valence-electron chi connectivity index (χ4n) is 5.31. The highest BCUT2D eigenvalue weighted by Gasteiger charge is 2.31. The Morgan fingerprint density at radius 2 is 2.03 bits per heavy atom. The Morgan fingerprint density at radius 3 is 2.81 bits per heavy atom. The lowest BCUT2D eigenvalue weighted by Gasteiger charge is -2.36. The number of para-hydroxylation sites is 1. The van der Waals surface area contributed by atoms with E-state index in [1.807, 2.05) is 36.1 Å². The van der Waals surface area contributed by atoms with Crippen LogP contribution in [0.5, 0.6) is 0 Å². The van der Waals surface area contributed by atoms with Gasteiger partial charge in [-0.3, -0.25) is 9.59 Å². The van der Waals surface area contributed by atoms with Crippen molar-refractivity contribution < 1.29 is 14.0 Å². The molecule has 5 rings (SSSR count). The summed E-state index contributed by atoms with van der Waals surface area (Å²) in [6.07, 6.45) is 4.39. The number of aromatic amines is 1. The van der Waals surface area contributed by atoms with Gasteiger partial charge in [0, 0.05) is 29.6 Å². The van der Waals surface area contributed by atoms with Crippen LogP contribution in [0, 0.1) is 5.82 Å². The second-order valence-electron chi connectivity index (χ2n) is 10.0. The molecule has 194 valence electrons. The number of fused-ring (bicyclic) bond motifs is 2. The van der Waals surface area contributed by atoms with E-state index in [0.717, 1.165) is 47.3 Å². The summed E-state index contributed by atoms with van der Waals surface area (Å²) in [7, 11) is 0. The summed E-state index contributed by atoms with van der Waals surface area (Å²) in [6, 6.07) is 14.5. The molecule has 1 aliphatic heterocycles. The largest absolute Gasteiger partial charge is 0.367 e. The summed E-state index contributed by atoms with van der Waals surface area (Å²) in [5.41, 5.74) is 0.891. The Kier molecular flexibility index (Phi) is 7.55. The molecule has 2 N–H and O–H groups in total. The van der Waals surface area contributed by atoms with E-state index in [1.165, 1.54) is 6.07 Å². The molecule has 1 saturated heterocycles. The van der Waals surface area contributed by atoms with Crippen LogP contribution >= 0.6 is 11.3 Å². The number of rotatable bonds is 9. The fourth-order valence-corrected chi connectivity index (χ4v) is 6.32. The first kappa shape index (κ1) is 25.4. The van der Waals surface area contributed by atoms with Crippen molar-refractivity contribution in [2.24, 2.45) is 0 Å². The number of hydrogen-bond donors (Lipinski definition) is 2. The topological polar surface area (TPSA) is 78.1 Å². The van der Waals surface area contributed by atoms with E-state index < -0.39 is 6.04 Å². The smallest absolute Gasteiger partial charge is 0.225 e. The van der Waals surface area contributed by atoms with Crippen LogP contribution in [-0.2, 0) is 9.59 Å². The van der Waals surface area contributed by atoms with Crippen LogP contribution in [0.15, 0.2) is 48.5 Å². The van der Waals surface area contributed by atoms with Crippen LogP contribution in [0.1, 0.15) is 64.1 Å². The normalized spacial score (nSPS) is 17.7. The number of carbonyl (C=O) groups excluding carboxylic acids is 2. The molecule has 2 aromatic carbocycles. The molecule has 3 atom stereocenters. The van der Waals surface area contributed by atoms with E-state index in [-0.39, 0.29) is 47.8 Å². The molecule has 1 aliphatic rings. The van der Waals surface area contributed by atoms with Crippen molar-refractivity contribution in [1.82, 2.24) is 14.9 Å². The number of nitrogens with one attached hydrogen (secondary N) is 2. The molecule has 6 nitrogen and oxygen atoms in total. The maximum atomic E-state index is 14.2. The van der Waals surface area contributed by atoms with Crippen LogP contribution in [0.4, 0.5) is 9.39 Å². The van der Waals surface area contributed by atoms with Crippen LogP contribution < -0.4 is 5.32 Å². The Labute approximate surface area is 220 Å². The minimum absolute atomic E-state index is 0.0250. The van der Waals surface area contributed by atoms with Gasteiger partial charge < -0.3 is 15.2 Å². The zero-order valence-corrected chi connectivity index (χ0v) is 22.1. The minimum Gasteiger partial charge on any atom is -0.367 e. The molecule has 4 aromatic rings. The van der Waals surface area contributed by atoms with Crippen molar-refractivity contribution in [3.63, 3.8) is 0 Å². The summed E-state index contributed by atoms with van der Waals surface area (Å²) >= 11 is 1.58. The van der Waals surface area contributed by atoms with Crippen molar-refractivity contribution >= 4 is 49.1 Å². The lowest BCUT2D eigenvalue weighted by molar-refractivity contribution is -0.137. The number of nitrogens with zero attached hydrogens (tertiary/aromatic N) is 2. The van der Waals surface area contributed by atoms with Crippen molar-refractivity contribution in [1.29, 1.82) is 0 Å². The molecule has 37 heavy (non-hydrogen) atoms. The number of imidazole rings is 1. The molecule has 0 bridgehead atoms. The molecule has 0 radical (unpaired) electrons. The molecule has 0 saturated carbocycles. The van der Waals surface area contributed by atoms with Gasteiger partial charge in [0.25, 0.3) is 0 Å². The third-order valence-corrected chi connectivity index (χ3v) is 8.43. The third kappa shape index (κ3) is 5.54. The number of amides is 1. The van der Waals surface area contributed by atoms with E-state index in [0.29, 0.717) is 11.3 Å². The zero-order chi connectivity index (χ0) is 25.9. The van der Waals surface area contributed by atoms with Crippen LogP contribution in [0.25, 0.3) is 21.1 Å². The molecule has 1 fully saturated rings. The monoisotopic (exact) mass is 520 g/mol. The van der Waals surface area contributed by atoms with E-state index >= 15 is 0 Å². The van der Waals surface area contributed by atoms with Gasteiger partial charge >= 0.3 is 0 Å². The number of ketones is 1. The van der Waals surface area contributed by atoms with Crippen LogP contribution in [-0.4, -0.2) is 45.2 Å². The van der Waals surface area contributed by atoms with Gasteiger partial charge in [-0.25, -0.2) is 9.37 Å². The first-order chi connectivity index (χ1) is 17.9. The number of likely N-dealkylation sites (tertiary alicyclic amines) is 1. The standard InChI is InChI=1S/C29H33FN4O2S/c1-3-20-10-6-7-14-34(20)27(36)17-23(31-26-16-19-9-4-5-13-25(19)37-26)24(35)15-18(2)29-32-22-12-8-11-21(30)28(22)33-29/h4-5,8-9,11-13,16,18,20,23,31H,3,6-7,10,14-15,17H2,1-2H3,(H,32,33)/t18-,20+,23+/m1/s1. The Morgan fingerprint density at radius 1 is 1.19 bits per heavy atom. The Balaban J connectivity index is 1.36. The highest BCUT2D eigenvalue weighted by Crippen LogP contribution is 2.31. The predicted octanol–water partition coefficient (Wildman–Crippen LogP) is 6.64. The summed E-state index contributed by atoms with van der Waals surface area (Å²) in [5, 5.41) is 5.37. The number of piperidine rings is 1. The first-order valence-corrected chi connectivity index (χ1v) is 14.0. The Hall–Kier alpha value is -3.26. The molecule has 3 heterocycles. The predicted molar refractivity (Wildman–Crippen MR) is 148 cm³/mol. The van der Waals surface area contributed by atoms with Gasteiger partial charge in [-0.05, 0) is 55.3 Å². The summed E-state index contributed by atoms with van der Waals surface area (Å²) in [5.74, 6) is -0.0938. The fraction of sp³-hybridized carbons (Fsp3) is 0.414. The second kappa shape index (κ2) is 11.0. The maximum Gasteiger partial charge on any atom is 0.225 e. The van der Waals surface area contributed by atoms with Crippen molar-refractivity contribution in [3.8, 4) is 0 Å². The number of halogens is 1. The Bertz CT molecular complexity index is 1380. The summed E-state index contributed by atoms with van der Waals surface area (Å²) in [4.78, 5) is 36.6. The summed E-state index contributed by atoms with van der Waals surface area (Å²) < 4.78 is 15.3. The molecule has 8 heteroatoms. The number of carbonyl (C=O) groups is 2. The lowest BCUT2D eigenvalue weighted by Crippen LogP contribution is -2.46. The number of Topliss-reactive ketones (excluding diaryl/α,β-unsaturated/α-hetero) is 1. The lowest BCUT2D eigenvalue weighted by atomic mass is 9.95. The molecular formula is C29H33FN4O2S. The second-order valence-corrected chi connectivity index (χ2v) is 11.1. The molecule has 0 spiro atoms. The van der Waals surface area contributed by atoms with Crippen molar-refractivity contribution in [2.45, 2.75) is 70.4 Å². The van der Waals surface area contributed by atoms with Gasteiger partial charge in [0.05, 0.1) is 23.0 Å². The molecule has 2 aromatic heterocycles. The van der Waals surface area contributed by atoms with Gasteiger partial charge in [-0.1, -0.05) is 38.1 Å². The van der Waals surface area contributed by atoms with E-state index in [4.69, 9.17) is 0 Å². The molecule has 0 unspecified atom stereocenters. The van der Waals surface area contributed by atoms with E-state index in [2.05, 4.69) is 28.3 Å². The maximum absolute atomic E-state index is 14.2. The van der Waals surface area contributed by atoms with Gasteiger partial charge in [0.15, 0.2) is 11.6 Å². The average Bonchev–Trinajstić information content (AvgIpc) is 3.53. The number of anilines is 1. The third-order valence-electron chi connectivity index (χ3n) is 7.38. The summed E-state index contributed by atoms with van der Waals surface area (Å²) in [6.45, 7) is 4.78. The van der Waals surface area contributed by atoms with Crippen LogP contribution in [0.3, 0.4) is 0 Å². The number of thiophene rings is 1.